The second kappa shape index (κ2) is 3.76. The lowest BCUT2D eigenvalue weighted by Gasteiger charge is -2.20. The van der Waals surface area contributed by atoms with Crippen molar-refractivity contribution in [1.29, 1.82) is 0 Å². The van der Waals surface area contributed by atoms with E-state index in [-0.39, 0.29) is 17.3 Å². The molecule has 0 saturated heterocycles. The molecule has 1 saturated carbocycles. The van der Waals surface area contributed by atoms with Crippen LogP contribution in [0.5, 0.6) is 0 Å². The molecule has 0 spiro atoms. The summed E-state index contributed by atoms with van der Waals surface area (Å²) in [4.78, 5) is 0. The number of rotatable bonds is 3. The quantitative estimate of drug-likeness (QED) is 0.844. The first-order valence-corrected chi connectivity index (χ1v) is 5.61. The van der Waals surface area contributed by atoms with Crippen molar-refractivity contribution in [1.82, 2.24) is 0 Å². The Kier molecular flexibility index (Phi) is 2.73. The molecule has 82 valence electrons. The largest absolute Gasteiger partial charge is 0.327 e. The maximum absolute atomic E-state index is 12.8. The third-order valence-corrected chi connectivity index (χ3v) is 3.77. The normalized spacial score (nSPS) is 20.0. The average Bonchev–Trinajstić information content (AvgIpc) is 2.91. The summed E-state index contributed by atoms with van der Waals surface area (Å²) >= 11 is 5.99. The predicted molar refractivity (Wildman–Crippen MR) is 60.4 cm³/mol. The summed E-state index contributed by atoms with van der Waals surface area (Å²) in [7, 11) is 0. The minimum absolute atomic E-state index is 0.179. The smallest absolute Gasteiger partial charge is 0.124 e. The Morgan fingerprint density at radius 1 is 1.53 bits per heavy atom. The molecule has 0 bridgehead atoms. The predicted octanol–water partition coefficient (Wildman–Crippen LogP) is 3.15. The lowest BCUT2D eigenvalue weighted by Crippen LogP contribution is -2.29. The molecular formula is C12H15ClFN. The highest BCUT2D eigenvalue weighted by atomic mass is 35.5. The molecule has 0 amide bonds. The molecule has 2 N–H and O–H groups in total. The molecule has 1 nitrogen and oxygen atoms in total. The minimum Gasteiger partial charge on any atom is -0.327 e. The van der Waals surface area contributed by atoms with E-state index >= 15 is 0 Å². The second-order valence-corrected chi connectivity index (χ2v) is 4.97. The SMILES string of the molecule is CC(N)C1(Cc2ccc(F)cc2Cl)CC1. The van der Waals surface area contributed by atoms with Crippen molar-refractivity contribution in [3.63, 3.8) is 0 Å². The van der Waals surface area contributed by atoms with Gasteiger partial charge in [0.05, 0.1) is 0 Å². The summed E-state index contributed by atoms with van der Waals surface area (Å²) in [5.41, 5.74) is 7.16. The second-order valence-electron chi connectivity index (χ2n) is 4.56. The van der Waals surface area contributed by atoms with Crippen LogP contribution in [0.15, 0.2) is 18.2 Å². The first-order chi connectivity index (χ1) is 7.03. The number of hydrogen-bond donors (Lipinski definition) is 1. The fourth-order valence-corrected chi connectivity index (χ4v) is 2.23. The lowest BCUT2D eigenvalue weighted by atomic mass is 9.90. The molecule has 1 aliphatic rings. The molecule has 1 atom stereocenters. The number of benzene rings is 1. The monoisotopic (exact) mass is 227 g/mol. The van der Waals surface area contributed by atoms with Gasteiger partial charge in [0.25, 0.3) is 0 Å². The highest BCUT2D eigenvalue weighted by Crippen LogP contribution is 2.51. The van der Waals surface area contributed by atoms with Crippen LogP contribution in [0.1, 0.15) is 25.3 Å². The summed E-state index contributed by atoms with van der Waals surface area (Å²) in [6, 6.07) is 4.77. The third kappa shape index (κ3) is 2.16. The van der Waals surface area contributed by atoms with E-state index in [2.05, 4.69) is 0 Å². The molecule has 0 heterocycles. The van der Waals surface area contributed by atoms with Crippen molar-refractivity contribution in [3.8, 4) is 0 Å². The zero-order valence-corrected chi connectivity index (χ0v) is 9.52. The first-order valence-electron chi connectivity index (χ1n) is 5.23. The van der Waals surface area contributed by atoms with Crippen molar-refractivity contribution < 1.29 is 4.39 Å². The lowest BCUT2D eigenvalue weighted by molar-refractivity contribution is 0.418. The van der Waals surface area contributed by atoms with E-state index in [1.807, 2.05) is 6.92 Å². The summed E-state index contributed by atoms with van der Waals surface area (Å²) < 4.78 is 12.8. The van der Waals surface area contributed by atoms with E-state index in [1.54, 1.807) is 6.07 Å². The molecule has 1 aromatic carbocycles. The van der Waals surface area contributed by atoms with Gasteiger partial charge in [-0.25, -0.2) is 4.39 Å². The van der Waals surface area contributed by atoms with Crippen molar-refractivity contribution in [2.45, 2.75) is 32.2 Å². The maximum Gasteiger partial charge on any atom is 0.124 e. The van der Waals surface area contributed by atoms with Gasteiger partial charge in [0, 0.05) is 11.1 Å². The number of hydrogen-bond acceptors (Lipinski definition) is 1. The standard InChI is InChI=1S/C12H15ClFN/c1-8(15)12(4-5-12)7-9-2-3-10(14)6-11(9)13/h2-3,6,8H,4-5,7,15H2,1H3. The first kappa shape index (κ1) is 10.9. The van der Waals surface area contributed by atoms with Crippen LogP contribution < -0.4 is 5.73 Å². The Morgan fingerprint density at radius 3 is 2.67 bits per heavy atom. The molecule has 15 heavy (non-hydrogen) atoms. The highest BCUT2D eigenvalue weighted by Gasteiger charge is 2.45. The Labute approximate surface area is 94.4 Å². The average molecular weight is 228 g/mol. The van der Waals surface area contributed by atoms with Crippen molar-refractivity contribution >= 4 is 11.6 Å². The molecule has 1 unspecified atom stereocenters. The summed E-state index contributed by atoms with van der Waals surface area (Å²) in [5, 5.41) is 0.516. The van der Waals surface area contributed by atoms with E-state index < -0.39 is 0 Å². The van der Waals surface area contributed by atoms with Gasteiger partial charge in [0.2, 0.25) is 0 Å². The Hall–Kier alpha value is -0.600. The molecule has 2 rings (SSSR count). The van der Waals surface area contributed by atoms with Crippen LogP contribution in [-0.4, -0.2) is 6.04 Å². The third-order valence-electron chi connectivity index (χ3n) is 3.42. The van der Waals surface area contributed by atoms with E-state index in [9.17, 15) is 4.39 Å². The van der Waals surface area contributed by atoms with Gasteiger partial charge in [-0.15, -0.1) is 0 Å². The van der Waals surface area contributed by atoms with Crippen LogP contribution in [0.4, 0.5) is 4.39 Å². The molecular weight excluding hydrogens is 213 g/mol. The molecule has 0 radical (unpaired) electrons. The van der Waals surface area contributed by atoms with Crippen molar-refractivity contribution in [2.75, 3.05) is 0 Å². The van der Waals surface area contributed by atoms with Gasteiger partial charge in [0.1, 0.15) is 5.82 Å². The molecule has 1 fully saturated rings. The van der Waals surface area contributed by atoms with E-state index in [0.29, 0.717) is 5.02 Å². The van der Waals surface area contributed by atoms with Crippen LogP contribution in [-0.2, 0) is 6.42 Å². The van der Waals surface area contributed by atoms with E-state index in [1.165, 1.54) is 12.1 Å². The maximum atomic E-state index is 12.8. The summed E-state index contributed by atoms with van der Waals surface area (Å²) in [5.74, 6) is -0.283. The van der Waals surface area contributed by atoms with Crippen molar-refractivity contribution in [3.05, 3.63) is 34.6 Å². The van der Waals surface area contributed by atoms with E-state index in [4.69, 9.17) is 17.3 Å². The summed E-state index contributed by atoms with van der Waals surface area (Å²) in [6.07, 6.45) is 3.17. The molecule has 3 heteroatoms. The van der Waals surface area contributed by atoms with Crippen LogP contribution >= 0.6 is 11.6 Å². The zero-order valence-electron chi connectivity index (χ0n) is 8.76. The van der Waals surface area contributed by atoms with Crippen molar-refractivity contribution in [2.24, 2.45) is 11.1 Å². The van der Waals surface area contributed by atoms with Crippen LogP contribution in [0.25, 0.3) is 0 Å². The molecule has 1 aliphatic carbocycles. The number of halogens is 2. The van der Waals surface area contributed by atoms with Gasteiger partial charge in [-0.2, -0.15) is 0 Å². The highest BCUT2D eigenvalue weighted by molar-refractivity contribution is 6.31. The van der Waals surface area contributed by atoms with Gasteiger partial charge in [-0.05, 0) is 49.3 Å². The van der Waals surface area contributed by atoms with Gasteiger partial charge < -0.3 is 5.73 Å². The Balaban J connectivity index is 2.18. The summed E-state index contributed by atoms with van der Waals surface area (Å²) in [6.45, 7) is 2.03. The molecule has 1 aromatic rings. The Bertz CT molecular complexity index is 372. The molecule has 0 aromatic heterocycles. The molecule has 0 aliphatic heterocycles. The van der Waals surface area contributed by atoms with Crippen LogP contribution in [0.3, 0.4) is 0 Å². The van der Waals surface area contributed by atoms with E-state index in [0.717, 1.165) is 24.8 Å². The zero-order chi connectivity index (χ0) is 11.1. The fraction of sp³-hybridized carbons (Fsp3) is 0.500. The van der Waals surface area contributed by atoms with Gasteiger partial charge in [-0.1, -0.05) is 17.7 Å². The van der Waals surface area contributed by atoms with Gasteiger partial charge >= 0.3 is 0 Å². The van der Waals surface area contributed by atoms with Gasteiger partial charge in [-0.3, -0.25) is 0 Å². The Morgan fingerprint density at radius 2 is 2.20 bits per heavy atom. The number of nitrogens with two attached hydrogens (primary N) is 1. The van der Waals surface area contributed by atoms with Crippen LogP contribution in [0, 0.1) is 11.2 Å². The van der Waals surface area contributed by atoms with Gasteiger partial charge in [0.15, 0.2) is 0 Å². The topological polar surface area (TPSA) is 26.0 Å². The fourth-order valence-electron chi connectivity index (χ4n) is 2.00. The van der Waals surface area contributed by atoms with Crippen LogP contribution in [0.2, 0.25) is 5.02 Å². The minimum atomic E-state index is -0.283.